The van der Waals surface area contributed by atoms with Gasteiger partial charge in [0.2, 0.25) is 5.91 Å². The molecule has 1 amide bonds. The van der Waals surface area contributed by atoms with Crippen LogP contribution in [0.5, 0.6) is 0 Å². The summed E-state index contributed by atoms with van der Waals surface area (Å²) in [5.74, 6) is 2.35. The van der Waals surface area contributed by atoms with E-state index in [2.05, 4.69) is 22.2 Å². The number of hydrogen-bond donors (Lipinski definition) is 1. The zero-order chi connectivity index (χ0) is 13.6. The SMILES string of the molecule is C#CCNC(=O)C(C)N1CCC(C#N)(SC)CC1. The van der Waals surface area contributed by atoms with Crippen LogP contribution in [-0.2, 0) is 4.79 Å². The highest BCUT2D eigenvalue weighted by Gasteiger charge is 2.36. The standard InChI is InChI=1S/C13H19N3OS/c1-4-7-15-12(17)11(2)16-8-5-13(10-14,18-3)6-9-16/h1,11H,5-9H2,2-3H3,(H,15,17). The molecule has 0 aromatic heterocycles. The number of nitrogens with zero attached hydrogens (tertiary/aromatic N) is 2. The second kappa shape index (κ2) is 6.68. The number of piperidine rings is 1. The first kappa shape index (κ1) is 14.9. The molecule has 1 unspecified atom stereocenters. The summed E-state index contributed by atoms with van der Waals surface area (Å²) in [6.45, 7) is 3.70. The molecule has 1 N–H and O–H groups in total. The van der Waals surface area contributed by atoms with Crippen molar-refractivity contribution in [1.29, 1.82) is 5.26 Å². The van der Waals surface area contributed by atoms with Crippen LogP contribution in [0.25, 0.3) is 0 Å². The van der Waals surface area contributed by atoms with Crippen molar-refractivity contribution in [3.8, 4) is 18.4 Å². The molecule has 1 heterocycles. The summed E-state index contributed by atoms with van der Waals surface area (Å²) in [6.07, 6.45) is 8.69. The molecule has 0 saturated carbocycles. The lowest BCUT2D eigenvalue weighted by atomic mass is 9.96. The highest BCUT2D eigenvalue weighted by Crippen LogP contribution is 2.34. The lowest BCUT2D eigenvalue weighted by Crippen LogP contribution is -2.51. The van der Waals surface area contributed by atoms with E-state index in [0.29, 0.717) is 0 Å². The Morgan fingerprint density at radius 3 is 2.67 bits per heavy atom. The summed E-state index contributed by atoms with van der Waals surface area (Å²) in [7, 11) is 0. The monoisotopic (exact) mass is 265 g/mol. The third kappa shape index (κ3) is 3.41. The van der Waals surface area contributed by atoms with Crippen molar-refractivity contribution in [1.82, 2.24) is 10.2 Å². The minimum Gasteiger partial charge on any atom is -0.344 e. The van der Waals surface area contributed by atoms with E-state index in [-0.39, 0.29) is 23.2 Å². The molecular formula is C13H19N3OS. The smallest absolute Gasteiger partial charge is 0.237 e. The zero-order valence-corrected chi connectivity index (χ0v) is 11.7. The quantitative estimate of drug-likeness (QED) is 0.766. The third-order valence-corrected chi connectivity index (χ3v) is 4.77. The number of terminal acetylenes is 1. The van der Waals surface area contributed by atoms with Crippen LogP contribution < -0.4 is 5.32 Å². The van der Waals surface area contributed by atoms with Gasteiger partial charge < -0.3 is 5.32 Å². The fourth-order valence-corrected chi connectivity index (χ4v) is 2.77. The Morgan fingerprint density at radius 1 is 1.61 bits per heavy atom. The second-order valence-electron chi connectivity index (χ2n) is 4.44. The summed E-state index contributed by atoms with van der Waals surface area (Å²) >= 11 is 1.61. The highest BCUT2D eigenvalue weighted by atomic mass is 32.2. The summed E-state index contributed by atoms with van der Waals surface area (Å²) in [6, 6.07) is 2.22. The summed E-state index contributed by atoms with van der Waals surface area (Å²) < 4.78 is -0.272. The van der Waals surface area contributed by atoms with Crippen molar-refractivity contribution < 1.29 is 4.79 Å². The lowest BCUT2D eigenvalue weighted by Gasteiger charge is -2.38. The molecule has 1 atom stereocenters. The first-order valence-corrected chi connectivity index (χ1v) is 7.22. The van der Waals surface area contributed by atoms with Gasteiger partial charge in [-0.3, -0.25) is 9.69 Å². The van der Waals surface area contributed by atoms with Gasteiger partial charge in [-0.05, 0) is 26.0 Å². The van der Waals surface area contributed by atoms with Gasteiger partial charge in [-0.25, -0.2) is 0 Å². The molecule has 1 aliphatic rings. The molecule has 1 fully saturated rings. The second-order valence-corrected chi connectivity index (χ2v) is 5.63. The third-order valence-electron chi connectivity index (χ3n) is 3.49. The Balaban J connectivity index is 2.50. The van der Waals surface area contributed by atoms with Crippen molar-refractivity contribution in [3.63, 3.8) is 0 Å². The number of rotatable bonds is 4. The first-order valence-electron chi connectivity index (χ1n) is 6.00. The van der Waals surface area contributed by atoms with E-state index in [4.69, 9.17) is 6.42 Å². The number of amides is 1. The molecule has 0 aliphatic carbocycles. The summed E-state index contributed by atoms with van der Waals surface area (Å²) in [5, 5.41) is 11.9. The summed E-state index contributed by atoms with van der Waals surface area (Å²) in [4.78, 5) is 13.9. The van der Waals surface area contributed by atoms with E-state index < -0.39 is 0 Å². The van der Waals surface area contributed by atoms with Gasteiger partial charge >= 0.3 is 0 Å². The van der Waals surface area contributed by atoms with Crippen molar-refractivity contribution in [2.45, 2.75) is 30.6 Å². The summed E-state index contributed by atoms with van der Waals surface area (Å²) in [5.41, 5.74) is 0. The van der Waals surface area contributed by atoms with Crippen molar-refractivity contribution >= 4 is 17.7 Å². The van der Waals surface area contributed by atoms with Crippen LogP contribution in [-0.4, -0.2) is 47.5 Å². The molecule has 4 nitrogen and oxygen atoms in total. The van der Waals surface area contributed by atoms with Crippen LogP contribution in [0.4, 0.5) is 0 Å². The fraction of sp³-hybridized carbons (Fsp3) is 0.692. The van der Waals surface area contributed by atoms with Gasteiger partial charge in [-0.2, -0.15) is 5.26 Å². The zero-order valence-electron chi connectivity index (χ0n) is 10.9. The Labute approximate surface area is 113 Å². The molecule has 1 rings (SSSR count). The van der Waals surface area contributed by atoms with Gasteiger partial charge in [0.25, 0.3) is 0 Å². The molecular weight excluding hydrogens is 246 g/mol. The van der Waals surface area contributed by atoms with E-state index in [1.165, 1.54) is 0 Å². The van der Waals surface area contributed by atoms with E-state index in [1.807, 2.05) is 13.2 Å². The maximum absolute atomic E-state index is 11.8. The van der Waals surface area contributed by atoms with E-state index >= 15 is 0 Å². The molecule has 1 saturated heterocycles. The van der Waals surface area contributed by atoms with Gasteiger partial charge in [-0.15, -0.1) is 18.2 Å². The normalized spacial score (nSPS) is 20.4. The molecule has 0 bridgehead atoms. The van der Waals surface area contributed by atoms with Crippen molar-refractivity contribution in [3.05, 3.63) is 0 Å². The number of likely N-dealkylation sites (tertiary alicyclic amines) is 1. The predicted octanol–water partition coefficient (Wildman–Crippen LogP) is 0.845. The first-order chi connectivity index (χ1) is 8.58. The molecule has 18 heavy (non-hydrogen) atoms. The van der Waals surface area contributed by atoms with E-state index in [0.717, 1.165) is 25.9 Å². The van der Waals surface area contributed by atoms with Crippen LogP contribution in [0, 0.1) is 23.7 Å². The Hall–Kier alpha value is -1.17. The van der Waals surface area contributed by atoms with Crippen molar-refractivity contribution in [2.75, 3.05) is 25.9 Å². The minimum absolute atomic E-state index is 0.0402. The van der Waals surface area contributed by atoms with Gasteiger partial charge in [0.15, 0.2) is 0 Å². The lowest BCUT2D eigenvalue weighted by molar-refractivity contribution is -0.126. The van der Waals surface area contributed by atoms with Crippen LogP contribution in [0.15, 0.2) is 0 Å². The number of nitriles is 1. The molecule has 0 radical (unpaired) electrons. The van der Waals surface area contributed by atoms with Crippen LogP contribution in [0.2, 0.25) is 0 Å². The van der Waals surface area contributed by atoms with Crippen LogP contribution >= 0.6 is 11.8 Å². The van der Waals surface area contributed by atoms with Crippen LogP contribution in [0.1, 0.15) is 19.8 Å². The Morgan fingerprint density at radius 2 is 2.22 bits per heavy atom. The largest absolute Gasteiger partial charge is 0.344 e. The number of carbonyl (C=O) groups excluding carboxylic acids is 1. The molecule has 0 aromatic carbocycles. The van der Waals surface area contributed by atoms with Gasteiger partial charge in [0, 0.05) is 13.1 Å². The average molecular weight is 265 g/mol. The Bertz CT molecular complexity index is 375. The Kier molecular flexibility index (Phi) is 5.53. The number of nitrogens with one attached hydrogen (secondary N) is 1. The topological polar surface area (TPSA) is 56.1 Å². The molecule has 0 spiro atoms. The molecule has 0 aromatic rings. The van der Waals surface area contributed by atoms with Gasteiger partial charge in [0.05, 0.1) is 18.7 Å². The molecule has 5 heteroatoms. The molecule has 98 valence electrons. The number of carbonyl (C=O) groups is 1. The van der Waals surface area contributed by atoms with Gasteiger partial charge in [-0.1, -0.05) is 5.92 Å². The maximum atomic E-state index is 11.8. The fourth-order valence-electron chi connectivity index (χ4n) is 2.09. The maximum Gasteiger partial charge on any atom is 0.237 e. The van der Waals surface area contributed by atoms with Gasteiger partial charge in [0.1, 0.15) is 4.75 Å². The number of thioether (sulfide) groups is 1. The minimum atomic E-state index is -0.272. The van der Waals surface area contributed by atoms with Crippen LogP contribution in [0.3, 0.4) is 0 Å². The van der Waals surface area contributed by atoms with E-state index in [9.17, 15) is 10.1 Å². The van der Waals surface area contributed by atoms with Crippen molar-refractivity contribution in [2.24, 2.45) is 0 Å². The predicted molar refractivity (Wildman–Crippen MR) is 74.0 cm³/mol. The highest BCUT2D eigenvalue weighted by molar-refractivity contribution is 8.00. The number of hydrogen-bond acceptors (Lipinski definition) is 4. The molecule has 1 aliphatic heterocycles. The average Bonchev–Trinajstić information content (AvgIpc) is 2.44. The van der Waals surface area contributed by atoms with E-state index in [1.54, 1.807) is 11.8 Å².